The summed E-state index contributed by atoms with van der Waals surface area (Å²) < 4.78 is 1.96. The normalized spacial score (nSPS) is 10.7. The molecule has 3 aromatic rings. The monoisotopic (exact) mass is 298 g/mol. The molecular weight excluding hydrogens is 284 g/mol. The van der Waals surface area contributed by atoms with E-state index in [2.05, 4.69) is 15.3 Å². The van der Waals surface area contributed by atoms with Gasteiger partial charge in [-0.2, -0.15) is 0 Å². The fourth-order valence-corrected chi connectivity index (χ4v) is 2.18. The van der Waals surface area contributed by atoms with E-state index in [1.807, 2.05) is 29.1 Å². The Morgan fingerprint density at radius 2 is 1.73 bits per heavy atom. The Labute approximate surface area is 124 Å². The van der Waals surface area contributed by atoms with Crippen LogP contribution in [0.5, 0.6) is 0 Å². The molecule has 2 aromatic heterocycles. The number of H-pyrrole nitrogens is 2. The zero-order valence-electron chi connectivity index (χ0n) is 11.6. The Hall–Kier alpha value is -3.09. The second-order valence-electron chi connectivity index (χ2n) is 4.85. The number of nitrogens with one attached hydrogen (secondary N) is 3. The van der Waals surface area contributed by atoms with E-state index in [1.54, 1.807) is 12.1 Å². The molecule has 3 rings (SSSR count). The lowest BCUT2D eigenvalue weighted by Crippen LogP contribution is -2.29. The maximum atomic E-state index is 12.1. The molecule has 0 aliphatic rings. The van der Waals surface area contributed by atoms with Crippen molar-refractivity contribution in [2.45, 2.75) is 6.54 Å². The van der Waals surface area contributed by atoms with Gasteiger partial charge in [0, 0.05) is 31.0 Å². The summed E-state index contributed by atoms with van der Waals surface area (Å²) in [6.45, 7) is 1.17. The van der Waals surface area contributed by atoms with Crippen molar-refractivity contribution in [3.63, 3.8) is 0 Å². The molecule has 0 spiro atoms. The molecule has 0 aliphatic carbocycles. The molecule has 112 valence electrons. The van der Waals surface area contributed by atoms with Crippen LogP contribution >= 0.6 is 0 Å². The van der Waals surface area contributed by atoms with E-state index in [0.29, 0.717) is 29.7 Å². The van der Waals surface area contributed by atoms with Gasteiger partial charge in [0.25, 0.3) is 5.91 Å². The van der Waals surface area contributed by atoms with Crippen molar-refractivity contribution in [1.29, 1.82) is 0 Å². The predicted molar refractivity (Wildman–Crippen MR) is 82.0 cm³/mol. The summed E-state index contributed by atoms with van der Waals surface area (Å²) in [4.78, 5) is 39.5. The number of rotatable bonds is 4. The average Bonchev–Trinajstić information content (AvgIpc) is 3.01. The SMILES string of the molecule is O=C(NCCn1cccc1)c1ccc2[nH]c(=O)c(=O)[nH]c2c1. The third-order valence-corrected chi connectivity index (χ3v) is 3.31. The molecule has 1 aromatic carbocycles. The molecule has 7 heteroatoms. The van der Waals surface area contributed by atoms with Gasteiger partial charge in [-0.25, -0.2) is 0 Å². The van der Waals surface area contributed by atoms with Crippen LogP contribution in [0.15, 0.2) is 52.3 Å². The fourth-order valence-electron chi connectivity index (χ4n) is 2.18. The molecule has 7 nitrogen and oxygen atoms in total. The van der Waals surface area contributed by atoms with Crippen LogP contribution in [0, 0.1) is 0 Å². The van der Waals surface area contributed by atoms with Crippen LogP contribution in [-0.2, 0) is 6.54 Å². The Balaban J connectivity index is 1.74. The summed E-state index contributed by atoms with van der Waals surface area (Å²) in [6.07, 6.45) is 3.84. The quantitative estimate of drug-likeness (QED) is 0.610. The van der Waals surface area contributed by atoms with E-state index < -0.39 is 11.1 Å². The second-order valence-corrected chi connectivity index (χ2v) is 4.85. The molecule has 2 heterocycles. The maximum absolute atomic E-state index is 12.1. The van der Waals surface area contributed by atoms with Crippen LogP contribution < -0.4 is 16.4 Å². The van der Waals surface area contributed by atoms with Gasteiger partial charge in [0.2, 0.25) is 0 Å². The standard InChI is InChI=1S/C15H14N4O3/c20-13(16-5-8-19-6-1-2-7-19)10-3-4-11-12(9-10)18-15(22)14(21)17-11/h1-4,6-7,9H,5,8H2,(H,16,20)(H,17,21)(H,18,22). The van der Waals surface area contributed by atoms with Crippen molar-refractivity contribution < 1.29 is 4.79 Å². The highest BCUT2D eigenvalue weighted by Gasteiger charge is 2.07. The van der Waals surface area contributed by atoms with E-state index in [1.165, 1.54) is 6.07 Å². The van der Waals surface area contributed by atoms with Crippen LogP contribution in [0.2, 0.25) is 0 Å². The number of amides is 1. The van der Waals surface area contributed by atoms with Crippen LogP contribution in [-0.4, -0.2) is 27.0 Å². The Kier molecular flexibility index (Phi) is 3.61. The molecule has 0 bridgehead atoms. The number of hydrogen-bond donors (Lipinski definition) is 3. The Morgan fingerprint density at radius 1 is 1.05 bits per heavy atom. The highest BCUT2D eigenvalue weighted by molar-refractivity contribution is 5.97. The molecule has 22 heavy (non-hydrogen) atoms. The average molecular weight is 298 g/mol. The third-order valence-electron chi connectivity index (χ3n) is 3.31. The molecule has 0 unspecified atom stereocenters. The van der Waals surface area contributed by atoms with Crippen LogP contribution in [0.4, 0.5) is 0 Å². The van der Waals surface area contributed by atoms with E-state index in [4.69, 9.17) is 0 Å². The van der Waals surface area contributed by atoms with Gasteiger partial charge < -0.3 is 19.9 Å². The van der Waals surface area contributed by atoms with Crippen molar-refractivity contribution >= 4 is 16.9 Å². The number of carbonyl (C=O) groups is 1. The highest BCUT2D eigenvalue weighted by atomic mass is 16.2. The van der Waals surface area contributed by atoms with Gasteiger partial charge in [-0.05, 0) is 30.3 Å². The molecule has 0 saturated heterocycles. The zero-order chi connectivity index (χ0) is 15.5. The Morgan fingerprint density at radius 3 is 2.45 bits per heavy atom. The van der Waals surface area contributed by atoms with Gasteiger partial charge in [-0.3, -0.25) is 14.4 Å². The summed E-state index contributed by atoms with van der Waals surface area (Å²) >= 11 is 0. The highest BCUT2D eigenvalue weighted by Crippen LogP contribution is 2.09. The number of nitrogens with zero attached hydrogens (tertiary/aromatic N) is 1. The van der Waals surface area contributed by atoms with Gasteiger partial charge in [0.1, 0.15) is 0 Å². The molecule has 0 fully saturated rings. The first-order valence-corrected chi connectivity index (χ1v) is 6.79. The topological polar surface area (TPSA) is 99.8 Å². The van der Waals surface area contributed by atoms with Crippen LogP contribution in [0.1, 0.15) is 10.4 Å². The number of aromatic nitrogens is 3. The molecular formula is C15H14N4O3. The van der Waals surface area contributed by atoms with Crippen molar-refractivity contribution in [1.82, 2.24) is 19.9 Å². The Bertz CT molecular complexity index is 922. The summed E-state index contributed by atoms with van der Waals surface area (Å²) in [7, 11) is 0. The lowest BCUT2D eigenvalue weighted by atomic mass is 10.2. The first kappa shape index (κ1) is 13.9. The molecule has 1 amide bonds. The van der Waals surface area contributed by atoms with Gasteiger partial charge in [0.05, 0.1) is 11.0 Å². The van der Waals surface area contributed by atoms with Crippen LogP contribution in [0.25, 0.3) is 11.0 Å². The lowest BCUT2D eigenvalue weighted by molar-refractivity contribution is 0.0952. The third kappa shape index (κ3) is 2.83. The molecule has 0 aliphatic heterocycles. The predicted octanol–water partition coefficient (Wildman–Crippen LogP) is 0.448. The number of hydrogen-bond acceptors (Lipinski definition) is 3. The van der Waals surface area contributed by atoms with Crippen molar-refractivity contribution in [3.8, 4) is 0 Å². The maximum Gasteiger partial charge on any atom is 0.314 e. The first-order valence-electron chi connectivity index (χ1n) is 6.79. The number of carbonyl (C=O) groups excluding carboxylic acids is 1. The summed E-state index contributed by atoms with van der Waals surface area (Å²) in [5.74, 6) is -0.235. The number of fused-ring (bicyclic) bond motifs is 1. The largest absolute Gasteiger partial charge is 0.353 e. The second kappa shape index (κ2) is 5.72. The minimum atomic E-state index is -0.738. The van der Waals surface area contributed by atoms with E-state index >= 15 is 0 Å². The smallest absolute Gasteiger partial charge is 0.314 e. The summed E-state index contributed by atoms with van der Waals surface area (Å²) in [5.41, 5.74) is -0.132. The summed E-state index contributed by atoms with van der Waals surface area (Å²) in [6, 6.07) is 8.57. The van der Waals surface area contributed by atoms with E-state index in [-0.39, 0.29) is 5.91 Å². The molecule has 0 radical (unpaired) electrons. The van der Waals surface area contributed by atoms with Crippen molar-refractivity contribution in [2.24, 2.45) is 0 Å². The van der Waals surface area contributed by atoms with Crippen molar-refractivity contribution in [2.75, 3.05) is 6.54 Å². The van der Waals surface area contributed by atoms with E-state index in [9.17, 15) is 14.4 Å². The van der Waals surface area contributed by atoms with Gasteiger partial charge >= 0.3 is 11.1 Å². The van der Waals surface area contributed by atoms with Gasteiger partial charge in [-0.15, -0.1) is 0 Å². The fraction of sp³-hybridized carbons (Fsp3) is 0.133. The number of benzene rings is 1. The summed E-state index contributed by atoms with van der Waals surface area (Å²) in [5, 5.41) is 2.80. The molecule has 0 saturated carbocycles. The van der Waals surface area contributed by atoms with Crippen molar-refractivity contribution in [3.05, 3.63) is 69.0 Å². The first-order chi connectivity index (χ1) is 10.6. The lowest BCUT2D eigenvalue weighted by Gasteiger charge is -2.07. The zero-order valence-corrected chi connectivity index (χ0v) is 11.6. The van der Waals surface area contributed by atoms with E-state index in [0.717, 1.165) is 0 Å². The molecule has 3 N–H and O–H groups in total. The number of aromatic amines is 2. The minimum absolute atomic E-state index is 0.235. The van der Waals surface area contributed by atoms with Crippen LogP contribution in [0.3, 0.4) is 0 Å². The molecule has 0 atom stereocenters. The van der Waals surface area contributed by atoms with Gasteiger partial charge in [-0.1, -0.05) is 0 Å². The minimum Gasteiger partial charge on any atom is -0.353 e. The van der Waals surface area contributed by atoms with Gasteiger partial charge in [0.15, 0.2) is 0 Å².